The predicted octanol–water partition coefficient (Wildman–Crippen LogP) is 2.78. The number of fused-ring (bicyclic) bond motifs is 1. The summed E-state index contributed by atoms with van der Waals surface area (Å²) in [4.78, 5) is 17.3. The molecule has 30 heavy (non-hydrogen) atoms. The minimum Gasteiger partial charge on any atom is -0.492 e. The van der Waals surface area contributed by atoms with E-state index in [4.69, 9.17) is 4.74 Å². The Bertz CT molecular complexity index is 899. The first kappa shape index (κ1) is 19.6. The molecule has 7 nitrogen and oxygen atoms in total. The van der Waals surface area contributed by atoms with Crippen LogP contribution in [0.25, 0.3) is 0 Å². The van der Waals surface area contributed by atoms with Crippen molar-refractivity contribution in [2.24, 2.45) is 0 Å². The number of para-hydroxylation sites is 1. The van der Waals surface area contributed by atoms with Crippen LogP contribution in [-0.4, -0.2) is 71.8 Å². The van der Waals surface area contributed by atoms with Crippen molar-refractivity contribution < 1.29 is 9.53 Å². The van der Waals surface area contributed by atoms with E-state index in [0.717, 1.165) is 56.1 Å². The van der Waals surface area contributed by atoms with Gasteiger partial charge in [0.2, 0.25) is 5.91 Å². The van der Waals surface area contributed by atoms with Crippen molar-refractivity contribution in [2.75, 3.05) is 51.2 Å². The molecule has 0 spiro atoms. The Morgan fingerprint density at radius 2 is 1.90 bits per heavy atom. The third-order valence-electron chi connectivity index (χ3n) is 6.69. The molecule has 1 saturated heterocycles. The molecule has 1 aliphatic carbocycles. The molecule has 1 unspecified atom stereocenters. The quantitative estimate of drug-likeness (QED) is 0.736. The molecule has 1 aromatic heterocycles. The number of H-pyrrole nitrogens is 1. The smallest absolute Gasteiger partial charge is 0.226 e. The number of amides is 1. The fraction of sp³-hybridized carbons (Fsp3) is 0.565. The summed E-state index contributed by atoms with van der Waals surface area (Å²) < 4.78 is 6.27. The summed E-state index contributed by atoms with van der Waals surface area (Å²) in [5, 5.41) is 10.5. The Kier molecular flexibility index (Phi) is 5.48. The van der Waals surface area contributed by atoms with E-state index < -0.39 is 0 Å². The number of hydrogen-bond donors (Lipinski definition) is 2. The fourth-order valence-electron chi connectivity index (χ4n) is 4.75. The van der Waals surface area contributed by atoms with Crippen molar-refractivity contribution >= 4 is 11.7 Å². The van der Waals surface area contributed by atoms with Gasteiger partial charge in [-0.1, -0.05) is 25.1 Å². The highest BCUT2D eigenvalue weighted by Crippen LogP contribution is 2.48. The SMILES string of the molecule is CCN1CCN(CCOc2ccccc2C2CC(=O)Nc3n[nH]c(C4CC4)c32)CC1. The monoisotopic (exact) mass is 409 g/mol. The number of nitrogens with one attached hydrogen (secondary N) is 2. The van der Waals surface area contributed by atoms with Gasteiger partial charge < -0.3 is 15.0 Å². The second-order valence-corrected chi connectivity index (χ2v) is 8.64. The lowest BCUT2D eigenvalue weighted by Gasteiger charge is -2.34. The Morgan fingerprint density at radius 1 is 1.13 bits per heavy atom. The number of piperazine rings is 1. The molecule has 2 fully saturated rings. The van der Waals surface area contributed by atoms with Crippen molar-refractivity contribution in [1.29, 1.82) is 0 Å². The number of carbonyl (C=O) groups excluding carboxylic acids is 1. The van der Waals surface area contributed by atoms with E-state index in [0.29, 0.717) is 24.8 Å². The highest BCUT2D eigenvalue weighted by atomic mass is 16.5. The number of benzene rings is 1. The molecule has 1 atom stereocenters. The third kappa shape index (κ3) is 3.96. The zero-order valence-electron chi connectivity index (χ0n) is 17.7. The van der Waals surface area contributed by atoms with Crippen LogP contribution in [-0.2, 0) is 4.79 Å². The molecule has 160 valence electrons. The molecule has 2 N–H and O–H groups in total. The molecule has 2 aromatic rings. The molecule has 3 aliphatic rings. The zero-order valence-corrected chi connectivity index (χ0v) is 17.7. The Hall–Kier alpha value is -2.38. The van der Waals surface area contributed by atoms with Crippen molar-refractivity contribution in [3.8, 4) is 5.75 Å². The number of nitrogens with zero attached hydrogens (tertiary/aromatic N) is 3. The van der Waals surface area contributed by atoms with E-state index >= 15 is 0 Å². The molecule has 0 radical (unpaired) electrons. The lowest BCUT2D eigenvalue weighted by atomic mass is 9.84. The number of rotatable bonds is 7. The summed E-state index contributed by atoms with van der Waals surface area (Å²) in [5.74, 6) is 2.14. The van der Waals surface area contributed by atoms with Gasteiger partial charge in [-0.15, -0.1) is 0 Å². The molecular weight excluding hydrogens is 378 g/mol. The molecular formula is C23H31N5O2. The molecule has 3 heterocycles. The van der Waals surface area contributed by atoms with Gasteiger partial charge in [0.1, 0.15) is 12.4 Å². The van der Waals surface area contributed by atoms with Gasteiger partial charge in [-0.2, -0.15) is 5.10 Å². The second kappa shape index (κ2) is 8.40. The van der Waals surface area contributed by atoms with E-state index in [1.165, 1.54) is 18.5 Å². The van der Waals surface area contributed by atoms with Gasteiger partial charge in [0.05, 0.1) is 0 Å². The lowest BCUT2D eigenvalue weighted by Crippen LogP contribution is -2.47. The minimum atomic E-state index is -0.00704. The molecule has 5 rings (SSSR count). The van der Waals surface area contributed by atoms with E-state index in [-0.39, 0.29) is 11.8 Å². The lowest BCUT2D eigenvalue weighted by molar-refractivity contribution is -0.116. The number of hydrogen-bond acceptors (Lipinski definition) is 5. The average molecular weight is 410 g/mol. The summed E-state index contributed by atoms with van der Waals surface area (Å²) in [7, 11) is 0. The standard InChI is InChI=1S/C23H31N5O2/c1-2-27-9-11-28(12-10-27)13-14-30-19-6-4-3-5-17(19)18-15-20(29)24-23-21(18)22(25-26-23)16-7-8-16/h3-6,16,18H,2,7-15H2,1H3,(H2,24,25,26,29). The number of likely N-dealkylation sites (N-methyl/N-ethyl adjacent to an activating group) is 1. The number of carbonyl (C=O) groups is 1. The maximum atomic E-state index is 12.4. The van der Waals surface area contributed by atoms with Crippen molar-refractivity contribution in [3.63, 3.8) is 0 Å². The summed E-state index contributed by atoms with van der Waals surface area (Å²) in [6.07, 6.45) is 2.82. The Balaban J connectivity index is 1.31. The van der Waals surface area contributed by atoms with E-state index in [2.05, 4.69) is 38.3 Å². The highest BCUT2D eigenvalue weighted by molar-refractivity contribution is 5.94. The number of aromatic amines is 1. The van der Waals surface area contributed by atoms with Crippen molar-refractivity contribution in [1.82, 2.24) is 20.0 Å². The van der Waals surface area contributed by atoms with Gasteiger partial charge in [0.15, 0.2) is 5.82 Å². The van der Waals surface area contributed by atoms with Crippen LogP contribution in [0, 0.1) is 0 Å². The van der Waals surface area contributed by atoms with Crippen LogP contribution in [0.4, 0.5) is 5.82 Å². The number of ether oxygens (including phenoxy) is 1. The first-order chi connectivity index (χ1) is 14.7. The average Bonchev–Trinajstić information content (AvgIpc) is 3.53. The Labute approximate surface area is 177 Å². The fourth-order valence-corrected chi connectivity index (χ4v) is 4.75. The van der Waals surface area contributed by atoms with Crippen molar-refractivity contribution in [2.45, 2.75) is 38.0 Å². The van der Waals surface area contributed by atoms with Crippen LogP contribution < -0.4 is 10.1 Å². The summed E-state index contributed by atoms with van der Waals surface area (Å²) in [6, 6.07) is 8.19. The van der Waals surface area contributed by atoms with E-state index in [9.17, 15) is 4.79 Å². The number of aromatic nitrogens is 2. The largest absolute Gasteiger partial charge is 0.492 e. The summed E-state index contributed by atoms with van der Waals surface area (Å²) in [5.41, 5.74) is 3.44. The molecule has 1 saturated carbocycles. The second-order valence-electron chi connectivity index (χ2n) is 8.64. The molecule has 1 aromatic carbocycles. The Morgan fingerprint density at radius 3 is 2.67 bits per heavy atom. The maximum absolute atomic E-state index is 12.4. The van der Waals surface area contributed by atoms with E-state index in [1.807, 2.05) is 18.2 Å². The van der Waals surface area contributed by atoms with Crippen LogP contribution in [0.5, 0.6) is 5.75 Å². The molecule has 1 amide bonds. The first-order valence-corrected chi connectivity index (χ1v) is 11.3. The molecule has 7 heteroatoms. The topological polar surface area (TPSA) is 73.5 Å². The van der Waals surface area contributed by atoms with Gasteiger partial charge in [0, 0.05) is 67.8 Å². The predicted molar refractivity (Wildman–Crippen MR) is 116 cm³/mol. The van der Waals surface area contributed by atoms with Gasteiger partial charge in [-0.05, 0) is 25.5 Å². The molecule has 0 bridgehead atoms. The summed E-state index contributed by atoms with van der Waals surface area (Å²) >= 11 is 0. The van der Waals surface area contributed by atoms with Crippen LogP contribution >= 0.6 is 0 Å². The zero-order chi connectivity index (χ0) is 20.5. The van der Waals surface area contributed by atoms with Gasteiger partial charge in [-0.3, -0.25) is 14.8 Å². The van der Waals surface area contributed by atoms with Crippen LogP contribution in [0.3, 0.4) is 0 Å². The minimum absolute atomic E-state index is 0.00704. The van der Waals surface area contributed by atoms with Gasteiger partial charge >= 0.3 is 0 Å². The number of anilines is 1. The van der Waals surface area contributed by atoms with Crippen LogP contribution in [0.15, 0.2) is 24.3 Å². The van der Waals surface area contributed by atoms with Gasteiger partial charge in [-0.25, -0.2) is 0 Å². The summed E-state index contributed by atoms with van der Waals surface area (Å²) in [6.45, 7) is 9.43. The third-order valence-corrected chi connectivity index (χ3v) is 6.69. The van der Waals surface area contributed by atoms with Crippen LogP contribution in [0.2, 0.25) is 0 Å². The first-order valence-electron chi connectivity index (χ1n) is 11.3. The van der Waals surface area contributed by atoms with E-state index in [1.54, 1.807) is 0 Å². The maximum Gasteiger partial charge on any atom is 0.226 e. The normalized spacial score (nSPS) is 22.6. The molecule has 2 aliphatic heterocycles. The highest BCUT2D eigenvalue weighted by Gasteiger charge is 2.38. The van der Waals surface area contributed by atoms with Crippen molar-refractivity contribution in [3.05, 3.63) is 41.1 Å². The van der Waals surface area contributed by atoms with Crippen LogP contribution in [0.1, 0.15) is 54.8 Å². The van der Waals surface area contributed by atoms with Gasteiger partial charge in [0.25, 0.3) is 0 Å².